The summed E-state index contributed by atoms with van der Waals surface area (Å²) in [6.45, 7) is 7.18. The first-order valence-corrected chi connectivity index (χ1v) is 7.18. The molecule has 4 nitrogen and oxygen atoms in total. The van der Waals surface area contributed by atoms with Crippen LogP contribution in [0.1, 0.15) is 25.0 Å². The van der Waals surface area contributed by atoms with Gasteiger partial charge in [0.2, 0.25) is 0 Å². The number of hydrogen-bond acceptors (Lipinski definition) is 4. The highest BCUT2D eigenvalue weighted by Crippen LogP contribution is 2.32. The van der Waals surface area contributed by atoms with Crippen molar-refractivity contribution in [2.45, 2.75) is 32.2 Å². The quantitative estimate of drug-likeness (QED) is 0.926. The molecule has 0 aromatic heterocycles. The molecule has 0 atom stereocenters. The van der Waals surface area contributed by atoms with E-state index in [0.717, 1.165) is 44.0 Å². The number of nitrogens with two attached hydrogens (primary N) is 1. The van der Waals surface area contributed by atoms with Crippen LogP contribution in [0, 0.1) is 0 Å². The SMILES string of the molecule is COc1cc2c(cc1OC)CCN(CC(C)(C)N)CC2.Cl. The summed E-state index contributed by atoms with van der Waals surface area (Å²) in [6, 6.07) is 4.23. The summed E-state index contributed by atoms with van der Waals surface area (Å²) in [5.41, 5.74) is 8.71. The van der Waals surface area contributed by atoms with Crippen LogP contribution in [0.2, 0.25) is 0 Å². The van der Waals surface area contributed by atoms with Crippen LogP contribution in [0.4, 0.5) is 0 Å². The smallest absolute Gasteiger partial charge is 0.161 e. The van der Waals surface area contributed by atoms with E-state index in [1.54, 1.807) is 14.2 Å². The lowest BCUT2D eigenvalue weighted by molar-refractivity contribution is 0.235. The van der Waals surface area contributed by atoms with Crippen LogP contribution in [0.3, 0.4) is 0 Å². The van der Waals surface area contributed by atoms with E-state index in [0.29, 0.717) is 0 Å². The Bertz CT molecular complexity index is 437. The second kappa shape index (κ2) is 7.34. The van der Waals surface area contributed by atoms with Crippen LogP contribution < -0.4 is 15.2 Å². The maximum absolute atomic E-state index is 6.13. The van der Waals surface area contributed by atoms with Crippen LogP contribution in [0.15, 0.2) is 12.1 Å². The fraction of sp³-hybridized carbons (Fsp3) is 0.625. The van der Waals surface area contributed by atoms with Gasteiger partial charge in [0.05, 0.1) is 14.2 Å². The van der Waals surface area contributed by atoms with E-state index in [9.17, 15) is 0 Å². The van der Waals surface area contributed by atoms with Crippen molar-refractivity contribution in [3.8, 4) is 11.5 Å². The van der Waals surface area contributed by atoms with Gasteiger partial charge < -0.3 is 20.1 Å². The van der Waals surface area contributed by atoms with E-state index in [2.05, 4.69) is 30.9 Å². The van der Waals surface area contributed by atoms with Crippen molar-refractivity contribution in [1.29, 1.82) is 0 Å². The molecule has 21 heavy (non-hydrogen) atoms. The Kier molecular flexibility index (Phi) is 6.32. The molecule has 0 unspecified atom stereocenters. The van der Waals surface area contributed by atoms with Crippen LogP contribution in [0.5, 0.6) is 11.5 Å². The van der Waals surface area contributed by atoms with Crippen LogP contribution >= 0.6 is 12.4 Å². The second-order valence-corrected chi connectivity index (χ2v) is 6.24. The van der Waals surface area contributed by atoms with Gasteiger partial charge in [-0.1, -0.05) is 0 Å². The van der Waals surface area contributed by atoms with Crippen molar-refractivity contribution in [2.75, 3.05) is 33.9 Å². The third-order valence-corrected chi connectivity index (χ3v) is 3.73. The molecular formula is C16H27ClN2O2. The second-order valence-electron chi connectivity index (χ2n) is 6.24. The number of fused-ring (bicyclic) bond motifs is 1. The highest BCUT2D eigenvalue weighted by Gasteiger charge is 2.21. The Labute approximate surface area is 134 Å². The summed E-state index contributed by atoms with van der Waals surface area (Å²) in [5, 5.41) is 0. The molecular weight excluding hydrogens is 288 g/mol. The predicted molar refractivity (Wildman–Crippen MR) is 88.9 cm³/mol. The Hall–Kier alpha value is -0.970. The van der Waals surface area contributed by atoms with Crippen molar-refractivity contribution in [3.05, 3.63) is 23.3 Å². The maximum Gasteiger partial charge on any atom is 0.161 e. The van der Waals surface area contributed by atoms with Gasteiger partial charge in [0, 0.05) is 25.2 Å². The lowest BCUT2D eigenvalue weighted by atomic mass is 10.0. The van der Waals surface area contributed by atoms with E-state index in [1.807, 2.05) is 0 Å². The fourth-order valence-corrected chi connectivity index (χ4v) is 2.83. The molecule has 0 radical (unpaired) electrons. The molecule has 0 amide bonds. The lowest BCUT2D eigenvalue weighted by Gasteiger charge is -2.28. The third-order valence-electron chi connectivity index (χ3n) is 3.73. The van der Waals surface area contributed by atoms with Gasteiger partial charge >= 0.3 is 0 Å². The average Bonchev–Trinajstić information content (AvgIpc) is 2.58. The zero-order valence-electron chi connectivity index (χ0n) is 13.4. The number of nitrogens with zero attached hydrogens (tertiary/aromatic N) is 1. The first kappa shape index (κ1) is 18.1. The van der Waals surface area contributed by atoms with Gasteiger partial charge in [0.1, 0.15) is 0 Å². The van der Waals surface area contributed by atoms with Crippen LogP contribution in [-0.2, 0) is 12.8 Å². The third kappa shape index (κ3) is 4.77. The number of hydrogen-bond donors (Lipinski definition) is 1. The molecule has 0 saturated heterocycles. The molecule has 0 bridgehead atoms. The minimum Gasteiger partial charge on any atom is -0.493 e. The molecule has 5 heteroatoms. The Morgan fingerprint density at radius 2 is 1.48 bits per heavy atom. The van der Waals surface area contributed by atoms with Gasteiger partial charge in [-0.15, -0.1) is 12.4 Å². The zero-order chi connectivity index (χ0) is 14.8. The van der Waals surface area contributed by atoms with Crippen molar-refractivity contribution >= 4 is 12.4 Å². The van der Waals surface area contributed by atoms with E-state index >= 15 is 0 Å². The molecule has 0 saturated carbocycles. The van der Waals surface area contributed by atoms with Crippen LogP contribution in [0.25, 0.3) is 0 Å². The fourth-order valence-electron chi connectivity index (χ4n) is 2.83. The molecule has 1 aliphatic heterocycles. The maximum atomic E-state index is 6.13. The summed E-state index contributed by atoms with van der Waals surface area (Å²) >= 11 is 0. The summed E-state index contributed by atoms with van der Waals surface area (Å²) in [7, 11) is 3.37. The zero-order valence-corrected chi connectivity index (χ0v) is 14.3. The first-order valence-electron chi connectivity index (χ1n) is 7.18. The molecule has 1 heterocycles. The Morgan fingerprint density at radius 1 is 1.05 bits per heavy atom. The number of benzene rings is 1. The molecule has 0 aliphatic carbocycles. The summed E-state index contributed by atoms with van der Waals surface area (Å²) in [6.07, 6.45) is 2.07. The molecule has 1 aromatic rings. The number of methoxy groups -OCH3 is 2. The predicted octanol–water partition coefficient (Wildman–Crippen LogP) is 2.26. The molecule has 1 aromatic carbocycles. The molecule has 120 valence electrons. The minimum atomic E-state index is -0.147. The first-order chi connectivity index (χ1) is 9.43. The lowest BCUT2D eigenvalue weighted by Crippen LogP contribution is -2.46. The van der Waals surface area contributed by atoms with E-state index < -0.39 is 0 Å². The molecule has 0 spiro atoms. The van der Waals surface area contributed by atoms with Gasteiger partial charge in [-0.05, 0) is 49.9 Å². The number of ether oxygens (including phenoxy) is 2. The number of rotatable bonds is 4. The van der Waals surface area contributed by atoms with Gasteiger partial charge in [-0.2, -0.15) is 0 Å². The van der Waals surface area contributed by atoms with Crippen molar-refractivity contribution in [2.24, 2.45) is 5.73 Å². The number of halogens is 1. The van der Waals surface area contributed by atoms with E-state index in [-0.39, 0.29) is 17.9 Å². The topological polar surface area (TPSA) is 47.7 Å². The summed E-state index contributed by atoms with van der Waals surface area (Å²) in [4.78, 5) is 2.44. The van der Waals surface area contributed by atoms with Crippen molar-refractivity contribution in [3.63, 3.8) is 0 Å². The van der Waals surface area contributed by atoms with Gasteiger partial charge in [-0.3, -0.25) is 0 Å². The Balaban J connectivity index is 0.00000220. The van der Waals surface area contributed by atoms with Gasteiger partial charge in [0.25, 0.3) is 0 Å². The largest absolute Gasteiger partial charge is 0.493 e. The molecule has 2 N–H and O–H groups in total. The van der Waals surface area contributed by atoms with Crippen molar-refractivity contribution < 1.29 is 9.47 Å². The molecule has 2 rings (SSSR count). The summed E-state index contributed by atoms with van der Waals surface area (Å²) < 4.78 is 10.8. The van der Waals surface area contributed by atoms with E-state index in [1.165, 1.54) is 11.1 Å². The van der Waals surface area contributed by atoms with Crippen LogP contribution in [-0.4, -0.2) is 44.3 Å². The van der Waals surface area contributed by atoms with Crippen molar-refractivity contribution in [1.82, 2.24) is 4.90 Å². The minimum absolute atomic E-state index is 0. The van der Waals surface area contributed by atoms with Gasteiger partial charge in [0.15, 0.2) is 11.5 Å². The van der Waals surface area contributed by atoms with Gasteiger partial charge in [-0.25, -0.2) is 0 Å². The molecule has 1 aliphatic rings. The Morgan fingerprint density at radius 3 is 1.81 bits per heavy atom. The van der Waals surface area contributed by atoms with E-state index in [4.69, 9.17) is 15.2 Å². The normalized spacial score (nSPS) is 15.7. The summed E-state index contributed by atoms with van der Waals surface area (Å²) in [5.74, 6) is 1.64. The standard InChI is InChI=1S/C16H26N2O2.ClH/c1-16(2,17)11-18-7-5-12-9-14(19-3)15(20-4)10-13(12)6-8-18;/h9-10H,5-8,11,17H2,1-4H3;1H. The monoisotopic (exact) mass is 314 g/mol. The highest BCUT2D eigenvalue weighted by molar-refractivity contribution is 5.85. The highest BCUT2D eigenvalue weighted by atomic mass is 35.5. The molecule has 0 fully saturated rings. The average molecular weight is 315 g/mol.